The van der Waals surface area contributed by atoms with Crippen LogP contribution in [-0.2, 0) is 11.3 Å². The summed E-state index contributed by atoms with van der Waals surface area (Å²) >= 11 is 0. The van der Waals surface area contributed by atoms with E-state index < -0.39 is 0 Å². The van der Waals surface area contributed by atoms with Crippen LogP contribution in [0.5, 0.6) is 11.5 Å². The van der Waals surface area contributed by atoms with Gasteiger partial charge in [0, 0.05) is 19.4 Å². The first-order chi connectivity index (χ1) is 12.0. The van der Waals surface area contributed by atoms with Crippen LogP contribution in [0.15, 0.2) is 42.5 Å². The number of Topliss-reactive ketones (excluding diaryl/α,β-unsaturated/α-hetero) is 1. The van der Waals surface area contributed by atoms with Gasteiger partial charge in [0.15, 0.2) is 5.78 Å². The van der Waals surface area contributed by atoms with E-state index in [0.717, 1.165) is 16.9 Å². The summed E-state index contributed by atoms with van der Waals surface area (Å²) < 4.78 is 10.3. The van der Waals surface area contributed by atoms with Gasteiger partial charge < -0.3 is 14.8 Å². The van der Waals surface area contributed by atoms with Crippen LogP contribution in [0.2, 0.25) is 0 Å². The van der Waals surface area contributed by atoms with Crippen LogP contribution in [0.4, 0.5) is 0 Å². The molecule has 0 bridgehead atoms. The summed E-state index contributed by atoms with van der Waals surface area (Å²) in [6, 6.07) is 12.9. The molecule has 5 nitrogen and oxygen atoms in total. The normalized spacial score (nSPS) is 10.2. The van der Waals surface area contributed by atoms with E-state index in [-0.39, 0.29) is 24.5 Å². The SMILES string of the molecule is COc1ccc(CNC(=O)CCC(=O)c2cc(C)ccc2OC)cc1. The number of carbonyl (C=O) groups is 2. The van der Waals surface area contributed by atoms with Gasteiger partial charge in [-0.25, -0.2) is 0 Å². The van der Waals surface area contributed by atoms with E-state index in [0.29, 0.717) is 17.9 Å². The first kappa shape index (κ1) is 18.5. The Kier molecular flexibility index (Phi) is 6.57. The fraction of sp³-hybridized carbons (Fsp3) is 0.300. The molecule has 2 aromatic rings. The molecule has 0 saturated heterocycles. The zero-order chi connectivity index (χ0) is 18.2. The molecule has 132 valence electrons. The Morgan fingerprint density at radius 1 is 0.960 bits per heavy atom. The minimum absolute atomic E-state index is 0.0971. The van der Waals surface area contributed by atoms with Crippen molar-refractivity contribution in [2.45, 2.75) is 26.3 Å². The molecule has 0 heterocycles. The largest absolute Gasteiger partial charge is 0.497 e. The van der Waals surface area contributed by atoms with Crippen molar-refractivity contribution in [3.8, 4) is 11.5 Å². The molecule has 0 fully saturated rings. The van der Waals surface area contributed by atoms with Gasteiger partial charge in [0.25, 0.3) is 0 Å². The maximum atomic E-state index is 12.4. The molecule has 25 heavy (non-hydrogen) atoms. The van der Waals surface area contributed by atoms with Crippen LogP contribution in [0.1, 0.15) is 34.3 Å². The number of aryl methyl sites for hydroxylation is 1. The minimum Gasteiger partial charge on any atom is -0.497 e. The Bertz CT molecular complexity index is 738. The van der Waals surface area contributed by atoms with Crippen molar-refractivity contribution in [2.75, 3.05) is 14.2 Å². The molecule has 1 N–H and O–H groups in total. The molecule has 0 aliphatic heterocycles. The minimum atomic E-state index is -0.157. The number of hydrogen-bond donors (Lipinski definition) is 1. The number of carbonyl (C=O) groups excluding carboxylic acids is 2. The Morgan fingerprint density at radius 2 is 1.68 bits per heavy atom. The van der Waals surface area contributed by atoms with Crippen molar-refractivity contribution in [3.05, 3.63) is 59.2 Å². The average molecular weight is 341 g/mol. The summed E-state index contributed by atoms with van der Waals surface area (Å²) in [6.07, 6.45) is 0.292. The van der Waals surface area contributed by atoms with Gasteiger partial charge in [-0.05, 0) is 36.8 Å². The highest BCUT2D eigenvalue weighted by molar-refractivity contribution is 6.00. The van der Waals surface area contributed by atoms with Gasteiger partial charge in [0.2, 0.25) is 5.91 Å². The van der Waals surface area contributed by atoms with Crippen molar-refractivity contribution in [1.29, 1.82) is 0 Å². The smallest absolute Gasteiger partial charge is 0.220 e. The lowest BCUT2D eigenvalue weighted by molar-refractivity contribution is -0.121. The number of rotatable bonds is 8. The first-order valence-electron chi connectivity index (χ1n) is 8.11. The van der Waals surface area contributed by atoms with Crippen LogP contribution in [0.25, 0.3) is 0 Å². The zero-order valence-corrected chi connectivity index (χ0v) is 14.8. The van der Waals surface area contributed by atoms with E-state index in [9.17, 15) is 9.59 Å². The summed E-state index contributed by atoms with van der Waals surface area (Å²) in [5.41, 5.74) is 2.47. The Morgan fingerprint density at radius 3 is 2.32 bits per heavy atom. The molecular weight excluding hydrogens is 318 g/mol. The highest BCUT2D eigenvalue weighted by atomic mass is 16.5. The topological polar surface area (TPSA) is 64.6 Å². The molecule has 2 aromatic carbocycles. The molecule has 5 heteroatoms. The van der Waals surface area contributed by atoms with Gasteiger partial charge in [-0.3, -0.25) is 9.59 Å². The van der Waals surface area contributed by atoms with E-state index >= 15 is 0 Å². The Labute approximate surface area is 148 Å². The Balaban J connectivity index is 1.85. The van der Waals surface area contributed by atoms with Gasteiger partial charge in [-0.15, -0.1) is 0 Å². The number of ketones is 1. The third kappa shape index (κ3) is 5.35. The second-order valence-corrected chi connectivity index (χ2v) is 5.75. The molecular formula is C20H23NO4. The summed E-state index contributed by atoms with van der Waals surface area (Å²) in [5, 5.41) is 2.82. The summed E-state index contributed by atoms with van der Waals surface area (Å²) in [7, 11) is 3.14. The van der Waals surface area contributed by atoms with Gasteiger partial charge in [0.1, 0.15) is 11.5 Å². The zero-order valence-electron chi connectivity index (χ0n) is 14.8. The van der Waals surface area contributed by atoms with Crippen LogP contribution in [-0.4, -0.2) is 25.9 Å². The molecule has 0 unspecified atom stereocenters. The van der Waals surface area contributed by atoms with Crippen molar-refractivity contribution in [1.82, 2.24) is 5.32 Å². The van der Waals surface area contributed by atoms with Gasteiger partial charge in [-0.2, -0.15) is 0 Å². The lowest BCUT2D eigenvalue weighted by Crippen LogP contribution is -2.23. The maximum absolute atomic E-state index is 12.4. The van der Waals surface area contributed by atoms with E-state index in [1.165, 1.54) is 7.11 Å². The standard InChI is InChI=1S/C20H23NO4/c1-14-4-10-19(25-3)17(12-14)18(22)9-11-20(23)21-13-15-5-7-16(24-2)8-6-15/h4-8,10,12H,9,11,13H2,1-3H3,(H,21,23). The number of ether oxygens (including phenoxy) is 2. The number of benzene rings is 2. The monoisotopic (exact) mass is 341 g/mol. The highest BCUT2D eigenvalue weighted by Gasteiger charge is 2.14. The van der Waals surface area contributed by atoms with E-state index in [2.05, 4.69) is 5.32 Å². The van der Waals surface area contributed by atoms with Crippen molar-refractivity contribution in [3.63, 3.8) is 0 Å². The maximum Gasteiger partial charge on any atom is 0.220 e. The molecule has 0 spiro atoms. The molecule has 0 aliphatic carbocycles. The Hall–Kier alpha value is -2.82. The lowest BCUT2D eigenvalue weighted by atomic mass is 10.0. The third-order valence-corrected chi connectivity index (χ3v) is 3.88. The van der Waals surface area contributed by atoms with Crippen LogP contribution in [0.3, 0.4) is 0 Å². The van der Waals surface area contributed by atoms with Gasteiger partial charge in [-0.1, -0.05) is 23.8 Å². The fourth-order valence-corrected chi connectivity index (χ4v) is 2.43. The van der Waals surface area contributed by atoms with E-state index in [4.69, 9.17) is 9.47 Å². The molecule has 0 radical (unpaired) electrons. The van der Waals surface area contributed by atoms with E-state index in [1.54, 1.807) is 19.2 Å². The van der Waals surface area contributed by atoms with E-state index in [1.807, 2.05) is 37.3 Å². The van der Waals surface area contributed by atoms with Gasteiger partial charge >= 0.3 is 0 Å². The first-order valence-corrected chi connectivity index (χ1v) is 8.11. The predicted octanol–water partition coefficient (Wildman–Crippen LogP) is 3.29. The second-order valence-electron chi connectivity index (χ2n) is 5.75. The molecule has 0 atom stereocenters. The van der Waals surface area contributed by atoms with Crippen molar-refractivity contribution in [2.24, 2.45) is 0 Å². The van der Waals surface area contributed by atoms with Crippen LogP contribution >= 0.6 is 0 Å². The molecule has 1 amide bonds. The quantitative estimate of drug-likeness (QED) is 0.748. The van der Waals surface area contributed by atoms with Gasteiger partial charge in [0.05, 0.1) is 19.8 Å². The van der Waals surface area contributed by atoms with Crippen LogP contribution < -0.4 is 14.8 Å². The lowest BCUT2D eigenvalue weighted by Gasteiger charge is -2.09. The molecule has 0 saturated carbocycles. The van der Waals surface area contributed by atoms with Crippen molar-refractivity contribution < 1.29 is 19.1 Å². The second kappa shape index (κ2) is 8.87. The fourth-order valence-electron chi connectivity index (χ4n) is 2.43. The number of nitrogens with one attached hydrogen (secondary N) is 1. The predicted molar refractivity (Wildman–Crippen MR) is 96.1 cm³/mol. The number of amides is 1. The number of hydrogen-bond acceptors (Lipinski definition) is 4. The summed E-state index contributed by atoms with van der Waals surface area (Å²) in [6.45, 7) is 2.34. The highest BCUT2D eigenvalue weighted by Crippen LogP contribution is 2.21. The third-order valence-electron chi connectivity index (χ3n) is 3.88. The van der Waals surface area contributed by atoms with Crippen molar-refractivity contribution >= 4 is 11.7 Å². The van der Waals surface area contributed by atoms with Crippen LogP contribution in [0, 0.1) is 6.92 Å². The average Bonchev–Trinajstić information content (AvgIpc) is 2.64. The number of methoxy groups -OCH3 is 2. The summed E-state index contributed by atoms with van der Waals surface area (Å²) in [4.78, 5) is 24.3. The summed E-state index contributed by atoms with van der Waals surface area (Å²) in [5.74, 6) is 1.05. The molecule has 0 aromatic heterocycles. The molecule has 0 aliphatic rings. The molecule has 2 rings (SSSR count).